The van der Waals surface area contributed by atoms with Gasteiger partial charge in [-0.25, -0.2) is 4.39 Å². The minimum atomic E-state index is -0.598. The zero-order valence-electron chi connectivity index (χ0n) is 15.5. The summed E-state index contributed by atoms with van der Waals surface area (Å²) in [6.45, 7) is 1.58. The fraction of sp³-hybridized carbons (Fsp3) is 0.0952. The molecule has 0 atom stereocenters. The predicted octanol–water partition coefficient (Wildman–Crippen LogP) is 5.25. The first-order valence-corrected chi connectivity index (χ1v) is 9.02. The van der Waals surface area contributed by atoms with Gasteiger partial charge in [-0.15, -0.1) is 0 Å². The Balaban J connectivity index is 1.79. The van der Waals surface area contributed by atoms with Crippen LogP contribution in [0.1, 0.15) is 16.1 Å². The van der Waals surface area contributed by atoms with Crippen molar-refractivity contribution in [2.24, 2.45) is 0 Å². The molecule has 0 aliphatic rings. The maximum atomic E-state index is 14.4. The number of amides is 1. The molecule has 0 aliphatic carbocycles. The number of fused-ring (bicyclic) bond motifs is 1. The molecule has 0 fully saturated rings. The van der Waals surface area contributed by atoms with Crippen molar-refractivity contribution in [1.29, 1.82) is 0 Å². The number of nitrogens with zero attached hydrogens (tertiary/aromatic N) is 2. The van der Waals surface area contributed by atoms with E-state index in [0.29, 0.717) is 22.3 Å². The summed E-state index contributed by atoms with van der Waals surface area (Å²) < 4.78 is 24.9. The van der Waals surface area contributed by atoms with E-state index in [1.165, 1.54) is 18.2 Å². The monoisotopic (exact) mass is 411 g/mol. The van der Waals surface area contributed by atoms with Crippen molar-refractivity contribution in [3.05, 3.63) is 70.8 Å². The largest absolute Gasteiger partial charge is 0.494 e. The van der Waals surface area contributed by atoms with Crippen LogP contribution in [0.4, 0.5) is 10.1 Å². The van der Waals surface area contributed by atoms with E-state index in [1.54, 1.807) is 38.4 Å². The minimum Gasteiger partial charge on any atom is -0.494 e. The molecule has 0 spiro atoms. The van der Waals surface area contributed by atoms with E-state index in [2.05, 4.69) is 15.5 Å². The molecule has 1 amide bonds. The van der Waals surface area contributed by atoms with Crippen molar-refractivity contribution in [3.63, 3.8) is 0 Å². The highest BCUT2D eigenvalue weighted by atomic mass is 35.5. The van der Waals surface area contributed by atoms with Crippen molar-refractivity contribution in [1.82, 2.24) is 10.1 Å². The molecule has 8 heteroatoms. The number of ether oxygens (including phenoxy) is 1. The van der Waals surface area contributed by atoms with Gasteiger partial charge in [0.15, 0.2) is 0 Å². The van der Waals surface area contributed by atoms with E-state index in [1.807, 2.05) is 6.07 Å². The first kappa shape index (κ1) is 18.9. The number of hydrogen-bond donors (Lipinski definition) is 1. The predicted molar refractivity (Wildman–Crippen MR) is 108 cm³/mol. The molecule has 2 heterocycles. The number of methoxy groups -OCH3 is 1. The molecule has 2 aromatic heterocycles. The van der Waals surface area contributed by atoms with Crippen molar-refractivity contribution < 1.29 is 18.4 Å². The van der Waals surface area contributed by atoms with Crippen molar-refractivity contribution in [2.75, 3.05) is 12.4 Å². The molecule has 6 nitrogen and oxygen atoms in total. The molecule has 0 unspecified atom stereocenters. The Bertz CT molecular complexity index is 1220. The van der Waals surface area contributed by atoms with Gasteiger partial charge in [-0.2, -0.15) is 0 Å². The molecule has 146 valence electrons. The molecule has 0 aliphatic heterocycles. The highest BCUT2D eigenvalue weighted by molar-refractivity contribution is 6.33. The molecule has 0 saturated heterocycles. The summed E-state index contributed by atoms with van der Waals surface area (Å²) in [5.41, 5.74) is 1.28. The summed E-state index contributed by atoms with van der Waals surface area (Å²) in [7, 11) is 1.55. The quantitative estimate of drug-likeness (QED) is 0.496. The zero-order chi connectivity index (χ0) is 20.5. The molecule has 4 rings (SSSR count). The van der Waals surface area contributed by atoms with Gasteiger partial charge in [-0.1, -0.05) is 22.8 Å². The standard InChI is InChI=1S/C21H15ClFN3O3/c1-11-17(20(26-29-11)18-13(22)6-3-7-14(18)23)21(27)25-15-8-9-16(28-2)19-12(15)5-4-10-24-19/h3-10H,1-2H3,(H,25,27). The van der Waals surface area contributed by atoms with Crippen LogP contribution in [0.25, 0.3) is 22.2 Å². The number of rotatable bonds is 4. The van der Waals surface area contributed by atoms with Gasteiger partial charge in [0.05, 0.1) is 23.4 Å². The maximum Gasteiger partial charge on any atom is 0.261 e. The summed E-state index contributed by atoms with van der Waals surface area (Å²) in [4.78, 5) is 17.4. The minimum absolute atomic E-state index is 0.0115. The number of aromatic nitrogens is 2. The van der Waals surface area contributed by atoms with Gasteiger partial charge in [-0.05, 0) is 43.3 Å². The lowest BCUT2D eigenvalue weighted by molar-refractivity contribution is 0.102. The molecular formula is C21H15ClFN3O3. The van der Waals surface area contributed by atoms with Crippen LogP contribution in [0.2, 0.25) is 5.02 Å². The number of carbonyl (C=O) groups is 1. The summed E-state index contributed by atoms with van der Waals surface area (Å²) in [5.74, 6) is -0.279. The first-order valence-electron chi connectivity index (χ1n) is 8.65. The van der Waals surface area contributed by atoms with Gasteiger partial charge in [0.25, 0.3) is 5.91 Å². The first-order chi connectivity index (χ1) is 14.0. The number of benzene rings is 2. The van der Waals surface area contributed by atoms with E-state index >= 15 is 0 Å². The van der Waals surface area contributed by atoms with Crippen LogP contribution >= 0.6 is 11.6 Å². The lowest BCUT2D eigenvalue weighted by Gasteiger charge is -2.11. The fourth-order valence-corrected chi connectivity index (χ4v) is 3.39. The zero-order valence-corrected chi connectivity index (χ0v) is 16.2. The molecule has 0 saturated carbocycles. The second-order valence-electron chi connectivity index (χ2n) is 6.23. The van der Waals surface area contributed by atoms with E-state index in [-0.39, 0.29) is 27.6 Å². The second-order valence-corrected chi connectivity index (χ2v) is 6.64. The normalized spacial score (nSPS) is 10.9. The Morgan fingerprint density at radius 1 is 1.21 bits per heavy atom. The fourth-order valence-electron chi connectivity index (χ4n) is 3.14. The lowest BCUT2D eigenvalue weighted by atomic mass is 10.0. The third kappa shape index (κ3) is 3.30. The van der Waals surface area contributed by atoms with Gasteiger partial charge >= 0.3 is 0 Å². The van der Waals surface area contributed by atoms with Crippen LogP contribution in [0.5, 0.6) is 5.75 Å². The SMILES string of the molecule is COc1ccc(NC(=O)c2c(-c3c(F)cccc3Cl)noc2C)c2cccnc12. The van der Waals surface area contributed by atoms with Crippen LogP contribution in [-0.2, 0) is 0 Å². The van der Waals surface area contributed by atoms with Crippen molar-refractivity contribution >= 4 is 34.1 Å². The summed E-state index contributed by atoms with van der Waals surface area (Å²) in [6.07, 6.45) is 1.64. The Hall–Kier alpha value is -3.45. The van der Waals surface area contributed by atoms with Gasteiger partial charge in [0.1, 0.15) is 34.1 Å². The third-order valence-electron chi connectivity index (χ3n) is 4.49. The number of aryl methyl sites for hydroxylation is 1. The number of nitrogens with one attached hydrogen (secondary N) is 1. The Morgan fingerprint density at radius 3 is 2.79 bits per heavy atom. The third-order valence-corrected chi connectivity index (χ3v) is 4.81. The molecule has 0 radical (unpaired) electrons. The van der Waals surface area contributed by atoms with E-state index in [4.69, 9.17) is 20.9 Å². The van der Waals surface area contributed by atoms with Crippen LogP contribution in [0.3, 0.4) is 0 Å². The van der Waals surface area contributed by atoms with Gasteiger partial charge < -0.3 is 14.6 Å². The number of carbonyl (C=O) groups excluding carboxylic acids is 1. The molecule has 29 heavy (non-hydrogen) atoms. The van der Waals surface area contributed by atoms with Crippen LogP contribution in [0.15, 0.2) is 53.2 Å². The van der Waals surface area contributed by atoms with Crippen LogP contribution in [0, 0.1) is 12.7 Å². The number of hydrogen-bond acceptors (Lipinski definition) is 5. The van der Waals surface area contributed by atoms with Gasteiger partial charge in [-0.3, -0.25) is 9.78 Å². The smallest absolute Gasteiger partial charge is 0.261 e. The Morgan fingerprint density at radius 2 is 2.03 bits per heavy atom. The molecule has 2 aromatic carbocycles. The van der Waals surface area contributed by atoms with Gasteiger partial charge in [0.2, 0.25) is 0 Å². The van der Waals surface area contributed by atoms with E-state index < -0.39 is 11.7 Å². The summed E-state index contributed by atoms with van der Waals surface area (Å²) in [5, 5.41) is 7.52. The van der Waals surface area contributed by atoms with Gasteiger partial charge in [0, 0.05) is 11.6 Å². The highest BCUT2D eigenvalue weighted by Crippen LogP contribution is 2.35. The molecule has 1 N–H and O–H groups in total. The molecule has 0 bridgehead atoms. The topological polar surface area (TPSA) is 77.2 Å². The van der Waals surface area contributed by atoms with E-state index in [9.17, 15) is 9.18 Å². The van der Waals surface area contributed by atoms with Crippen LogP contribution < -0.4 is 10.1 Å². The lowest BCUT2D eigenvalue weighted by Crippen LogP contribution is -2.14. The Labute approximate surface area is 170 Å². The second kappa shape index (κ2) is 7.52. The average molecular weight is 412 g/mol. The van der Waals surface area contributed by atoms with Crippen molar-refractivity contribution in [3.8, 4) is 17.0 Å². The number of halogens is 2. The summed E-state index contributed by atoms with van der Waals surface area (Å²) >= 11 is 6.15. The molecule has 4 aromatic rings. The van der Waals surface area contributed by atoms with Crippen molar-refractivity contribution in [2.45, 2.75) is 6.92 Å². The van der Waals surface area contributed by atoms with Crippen LogP contribution in [-0.4, -0.2) is 23.2 Å². The number of anilines is 1. The molecular weight excluding hydrogens is 397 g/mol. The maximum absolute atomic E-state index is 14.4. The van der Waals surface area contributed by atoms with E-state index in [0.717, 1.165) is 0 Å². The highest BCUT2D eigenvalue weighted by Gasteiger charge is 2.26. The number of pyridine rings is 1. The Kier molecular flexibility index (Phi) is 4.90. The average Bonchev–Trinajstić information content (AvgIpc) is 3.09. The summed E-state index contributed by atoms with van der Waals surface area (Å²) in [6, 6.07) is 11.2.